The van der Waals surface area contributed by atoms with Crippen molar-refractivity contribution >= 4 is 51.6 Å². The highest BCUT2D eigenvalue weighted by atomic mass is 31.2. The van der Waals surface area contributed by atoms with Gasteiger partial charge in [-0.05, 0) is 29.7 Å². The Labute approximate surface area is 419 Å². The third-order valence-corrected chi connectivity index (χ3v) is 11.6. The van der Waals surface area contributed by atoms with Gasteiger partial charge in [0.15, 0.2) is 22.1 Å². The van der Waals surface area contributed by atoms with Crippen molar-refractivity contribution in [3.63, 3.8) is 0 Å². The fourth-order valence-electron chi connectivity index (χ4n) is 3.63. The fourth-order valence-corrected chi connectivity index (χ4v) is 6.10. The predicted octanol–water partition coefficient (Wildman–Crippen LogP) is 16.9. The molecule has 0 aromatic heterocycles. The standard InChI is InChI=1S/C13H12.C12H21O6P3.C8H11O2P.3C3H9O2P.3C2H6/c1-3-7-12(8-4-1)11-13-9-5-2-6-10-13;1-19(2,13)16-10-7-11(17-20(3,4)14)9-12(8-10)18-21(5,6)15;1-11(2,9)10-8-6-4-3-5-7-8;3*1-5-6(2,3)4;3*1-2/h1-10H,11H2;7-9H,1-6H3;3-7H,1-2H3;3*1-3H3;3*1-2H3. The molecule has 0 bridgehead atoms. The first-order valence-electron chi connectivity index (χ1n) is 22.0. The molecule has 14 nitrogen and oxygen atoms in total. The molecule has 4 aromatic rings. The van der Waals surface area contributed by atoms with E-state index in [9.17, 15) is 32.0 Å². The van der Waals surface area contributed by atoms with Crippen LogP contribution in [0.15, 0.2) is 109 Å². The van der Waals surface area contributed by atoms with E-state index in [1.54, 1.807) is 65.5 Å². The van der Waals surface area contributed by atoms with Gasteiger partial charge in [0.05, 0.1) is 0 Å². The van der Waals surface area contributed by atoms with Crippen LogP contribution in [0, 0.1) is 0 Å². The molecule has 4 rings (SSSR count). The molecule has 0 spiro atoms. The van der Waals surface area contributed by atoms with Gasteiger partial charge in [0.1, 0.15) is 23.0 Å². The molecule has 0 heterocycles. The Morgan fingerprint density at radius 2 is 0.464 bits per heavy atom. The quantitative estimate of drug-likeness (QED) is 0.115. The van der Waals surface area contributed by atoms with E-state index in [1.807, 2.05) is 59.7 Å². The number of hydrogen-bond donors (Lipinski definition) is 0. The first kappa shape index (κ1) is 75.5. The van der Waals surface area contributed by atoms with Crippen LogP contribution < -0.4 is 18.1 Å². The smallest absolute Gasteiger partial charge is 0.242 e. The average Bonchev–Trinajstić information content (AvgIpc) is 3.22. The Morgan fingerprint density at radius 1 is 0.290 bits per heavy atom. The van der Waals surface area contributed by atoms with Crippen molar-refractivity contribution in [2.45, 2.75) is 48.0 Å². The third-order valence-electron chi connectivity index (χ3n) is 6.31. The van der Waals surface area contributed by atoms with Gasteiger partial charge in [-0.15, -0.1) is 0 Å². The highest BCUT2D eigenvalue weighted by Crippen LogP contribution is 2.47. The minimum absolute atomic E-state index is 0.248. The Morgan fingerprint density at radius 3 is 0.638 bits per heavy atom. The van der Waals surface area contributed by atoms with Gasteiger partial charge < -0.3 is 31.7 Å². The van der Waals surface area contributed by atoms with Gasteiger partial charge in [0.2, 0.25) is 29.5 Å². The van der Waals surface area contributed by atoms with Gasteiger partial charge in [-0.2, -0.15) is 0 Å². The molecule has 0 unspecified atom stereocenters. The zero-order chi connectivity index (χ0) is 55.3. The van der Waals surface area contributed by atoms with Crippen molar-refractivity contribution in [3.05, 3.63) is 120 Å². The lowest BCUT2D eigenvalue weighted by atomic mass is 10.1. The second-order valence-corrected chi connectivity index (χ2v) is 35.1. The molecule has 4 aromatic carbocycles. The second-order valence-electron chi connectivity index (χ2n) is 15.8. The van der Waals surface area contributed by atoms with Crippen LogP contribution in [0.1, 0.15) is 52.7 Å². The molecule has 0 aliphatic rings. The number of benzene rings is 4. The van der Waals surface area contributed by atoms with Crippen molar-refractivity contribution in [3.8, 4) is 23.0 Å². The Hall–Kier alpha value is -2.43. The Balaban J connectivity index is -0.000000247. The van der Waals surface area contributed by atoms with Crippen molar-refractivity contribution < 1.29 is 63.6 Å². The topological polar surface area (TPSA) is 184 Å². The number of rotatable bonds is 13. The van der Waals surface area contributed by atoms with Crippen LogP contribution in [0.2, 0.25) is 0 Å². The molecule has 0 saturated carbocycles. The first-order chi connectivity index (χ1) is 31.4. The largest absolute Gasteiger partial charge is 0.443 e. The molecule has 0 saturated heterocycles. The molecule has 0 radical (unpaired) electrons. The molecule has 0 aliphatic carbocycles. The highest BCUT2D eigenvalue weighted by Gasteiger charge is 2.17. The normalized spacial score (nSPS) is 10.9. The molecule has 0 atom stereocenters. The van der Waals surface area contributed by atoms with Gasteiger partial charge in [-0.1, -0.05) is 120 Å². The van der Waals surface area contributed by atoms with E-state index in [2.05, 4.69) is 74.2 Å². The molecule has 21 heteroatoms. The molecular formula is C48H89O14P7. The van der Waals surface area contributed by atoms with E-state index in [4.69, 9.17) is 18.1 Å². The van der Waals surface area contributed by atoms with Gasteiger partial charge in [-0.3, -0.25) is 32.0 Å². The zero-order valence-corrected chi connectivity index (χ0v) is 52.2. The third kappa shape index (κ3) is 59.8. The summed E-state index contributed by atoms with van der Waals surface area (Å²) < 4.78 is 112. The van der Waals surface area contributed by atoms with Crippen LogP contribution in [0.4, 0.5) is 0 Å². The molecule has 0 aliphatic heterocycles. The van der Waals surface area contributed by atoms with Crippen molar-refractivity contribution in [1.29, 1.82) is 0 Å². The van der Waals surface area contributed by atoms with E-state index in [0.717, 1.165) is 6.42 Å². The summed E-state index contributed by atoms with van der Waals surface area (Å²) in [5, 5.41) is 0. The van der Waals surface area contributed by atoms with Crippen molar-refractivity contribution in [2.75, 3.05) is 115 Å². The van der Waals surface area contributed by atoms with Crippen LogP contribution in [0.3, 0.4) is 0 Å². The maximum atomic E-state index is 11.8. The van der Waals surface area contributed by atoms with Crippen LogP contribution in [-0.2, 0) is 51.9 Å². The van der Waals surface area contributed by atoms with Gasteiger partial charge in [-0.25, -0.2) is 0 Å². The Kier molecular flexibility index (Phi) is 42.8. The molecule has 0 N–H and O–H groups in total. The van der Waals surface area contributed by atoms with E-state index in [1.165, 1.54) is 90.6 Å². The molecule has 0 fully saturated rings. The molecule has 400 valence electrons. The maximum Gasteiger partial charge on any atom is 0.242 e. The monoisotopic (exact) mass is 1110 g/mol. The SMILES string of the molecule is CC.CC.CC.COP(C)(C)=O.COP(C)(C)=O.COP(C)(C)=O.CP(C)(=O)Oc1cc(OP(C)(C)=O)cc(OP(C)(C)=O)c1.CP(C)(=O)Oc1ccccc1.c1ccc(Cc2ccccc2)cc1. The predicted molar refractivity (Wildman–Crippen MR) is 302 cm³/mol. The van der Waals surface area contributed by atoms with Crippen molar-refractivity contribution in [1.82, 2.24) is 0 Å². The summed E-state index contributed by atoms with van der Waals surface area (Å²) in [5.41, 5.74) is 2.74. The molecular weight excluding hydrogens is 1020 g/mol. The summed E-state index contributed by atoms with van der Waals surface area (Å²) in [6.07, 6.45) is 1.03. The molecule has 69 heavy (non-hydrogen) atoms. The maximum absolute atomic E-state index is 11.8. The zero-order valence-electron chi connectivity index (χ0n) is 45.9. The lowest BCUT2D eigenvalue weighted by molar-refractivity contribution is 0.403. The van der Waals surface area contributed by atoms with Gasteiger partial charge in [0.25, 0.3) is 0 Å². The van der Waals surface area contributed by atoms with Gasteiger partial charge in [0, 0.05) is 133 Å². The van der Waals surface area contributed by atoms with Crippen molar-refractivity contribution in [2.24, 2.45) is 0 Å². The van der Waals surface area contributed by atoms with Crippen LogP contribution in [-0.4, -0.2) is 115 Å². The van der Waals surface area contributed by atoms with Gasteiger partial charge >= 0.3 is 0 Å². The average molecular weight is 1110 g/mol. The van der Waals surface area contributed by atoms with E-state index in [0.29, 0.717) is 5.75 Å². The summed E-state index contributed by atoms with van der Waals surface area (Å²) >= 11 is 0. The van der Waals surface area contributed by atoms with E-state index in [-0.39, 0.29) is 17.2 Å². The summed E-state index contributed by atoms with van der Waals surface area (Å²) in [6.45, 7) is 33.5. The first-order valence-corrected chi connectivity index (χ1v) is 39.7. The van der Waals surface area contributed by atoms with E-state index < -0.39 is 51.6 Å². The summed E-state index contributed by atoms with van der Waals surface area (Å²) in [6, 6.07) is 34.7. The van der Waals surface area contributed by atoms with E-state index >= 15 is 0 Å². The number of para-hydroxylation sites is 1. The molecule has 0 amide bonds. The fraction of sp³-hybridized carbons (Fsp3) is 0.500. The summed E-state index contributed by atoms with van der Waals surface area (Å²) in [7, 11) is -12.8. The summed E-state index contributed by atoms with van der Waals surface area (Å²) in [4.78, 5) is 0. The number of hydrogen-bond acceptors (Lipinski definition) is 14. The summed E-state index contributed by atoms with van der Waals surface area (Å²) in [5.74, 6) is 1.41. The van der Waals surface area contributed by atoms with Crippen LogP contribution in [0.25, 0.3) is 0 Å². The lowest BCUT2D eigenvalue weighted by Crippen LogP contribution is -1.95. The van der Waals surface area contributed by atoms with Crippen LogP contribution >= 0.6 is 51.6 Å². The van der Waals surface area contributed by atoms with Crippen LogP contribution in [0.5, 0.6) is 23.0 Å². The Bertz CT molecular complexity index is 2030. The highest BCUT2D eigenvalue weighted by molar-refractivity contribution is 7.59. The lowest BCUT2D eigenvalue weighted by Gasteiger charge is -2.17. The minimum atomic E-state index is -2.78. The minimum Gasteiger partial charge on any atom is -0.443 e. The second kappa shape index (κ2) is 39.1.